The molecule has 1 unspecified atom stereocenters. The van der Waals surface area contributed by atoms with Crippen LogP contribution in [0.4, 0.5) is 0 Å². The monoisotopic (exact) mass is 875 g/mol. The number of nitrogens with one attached hydrogen (secondary N) is 1. The van der Waals surface area contributed by atoms with E-state index < -0.39 is 58.3 Å². The van der Waals surface area contributed by atoms with E-state index in [9.17, 15) is 49.2 Å². The highest BCUT2D eigenvalue weighted by molar-refractivity contribution is 5.97. The Balaban J connectivity index is 0.000000145. The van der Waals surface area contributed by atoms with Crippen molar-refractivity contribution in [3.63, 3.8) is 0 Å². The lowest BCUT2D eigenvalue weighted by Gasteiger charge is -2.63. The number of fused-ring (bicyclic) bond motifs is 2. The lowest BCUT2D eigenvalue weighted by molar-refractivity contribution is -0.943. The lowest BCUT2D eigenvalue weighted by Crippen LogP contribution is -3.21. The van der Waals surface area contributed by atoms with E-state index in [0.717, 1.165) is 49.1 Å². The second-order valence-electron chi connectivity index (χ2n) is 19.6. The smallest absolute Gasteiger partial charge is 0.333 e. The van der Waals surface area contributed by atoms with Crippen molar-refractivity contribution in [3.8, 4) is 11.5 Å². The SMILES string of the molecule is NC(=O)c1ccc2c(c1O)[C@]13CCN(CC4CC4)[C@H](C2)[C@]1(O)CCC(=O)C3.NC(=O)c1ccc2c(c1O)[C@]13CC[NH+](CC4CC4)[C@H](C2)[C@]1(O)CCC(=O)C3.O=C(O)C[C@H](O)C(=O)O. The number of nitrogens with two attached hydrogens (primary N) is 2. The summed E-state index contributed by atoms with van der Waals surface area (Å²) in [5.41, 5.74) is 10.4. The average molecular weight is 876 g/mol. The second kappa shape index (κ2) is 16.2. The topological polar surface area (TPSA) is 304 Å². The number of hydrogen-bond acceptors (Lipinski definition) is 12. The van der Waals surface area contributed by atoms with Crippen LogP contribution in [-0.2, 0) is 42.8 Å². The van der Waals surface area contributed by atoms with E-state index in [4.69, 9.17) is 26.8 Å². The lowest BCUT2D eigenvalue weighted by atomic mass is 9.49. The zero-order chi connectivity index (χ0) is 45.4. The van der Waals surface area contributed by atoms with Gasteiger partial charge in [0.05, 0.1) is 36.2 Å². The fourth-order valence-electron chi connectivity index (χ4n) is 12.6. The number of amides is 2. The number of aromatic hydroxyl groups is 2. The first-order valence-corrected chi connectivity index (χ1v) is 22.2. The summed E-state index contributed by atoms with van der Waals surface area (Å²) in [6, 6.07) is 6.85. The van der Waals surface area contributed by atoms with Gasteiger partial charge in [0.1, 0.15) is 34.7 Å². The summed E-state index contributed by atoms with van der Waals surface area (Å²) < 4.78 is 0. The number of quaternary nitrogens is 1. The summed E-state index contributed by atoms with van der Waals surface area (Å²) in [7, 11) is 0. The van der Waals surface area contributed by atoms with Gasteiger partial charge < -0.3 is 52.1 Å². The van der Waals surface area contributed by atoms with Gasteiger partial charge in [0.2, 0.25) is 0 Å². The third-order valence-electron chi connectivity index (χ3n) is 15.9. The van der Waals surface area contributed by atoms with Gasteiger partial charge in [-0.3, -0.25) is 28.9 Å². The number of carbonyl (C=O) groups is 6. The standard InChI is InChI=1S/2C21H26N2O4.C4H6O5/c2*22-19(26)15-4-3-13-9-16-21(27)6-5-14(24)10-20(21,17(13)18(15)25)7-8-23(16)11-12-1-2-12;5-2(4(8)9)1-3(6)7/h2*3-4,12,16,25,27H,1-2,5-11H2,(H2,22,26);2,5H,1H2,(H,6,7)(H,8,9)/p+1/t2*16-,20-,21-;2-/m110/s1. The molecule has 2 aromatic carbocycles. The Bertz CT molecular complexity index is 2120. The van der Waals surface area contributed by atoms with Crippen molar-refractivity contribution in [2.75, 3.05) is 26.2 Å². The number of primary amides is 2. The first-order valence-electron chi connectivity index (χ1n) is 22.2. The molecule has 2 aliphatic heterocycles. The van der Waals surface area contributed by atoms with Crippen LogP contribution in [0.1, 0.15) is 126 Å². The van der Waals surface area contributed by atoms with Gasteiger partial charge in [0.25, 0.3) is 11.8 Å². The molecule has 0 aromatic heterocycles. The van der Waals surface area contributed by atoms with Gasteiger partial charge in [-0.25, -0.2) is 4.79 Å². The van der Waals surface area contributed by atoms with Gasteiger partial charge in [-0.05, 0) is 87.1 Å². The number of carbonyl (C=O) groups excluding carboxylic acids is 4. The first-order chi connectivity index (χ1) is 29.7. The number of piperidine rings is 2. The van der Waals surface area contributed by atoms with E-state index in [0.29, 0.717) is 62.5 Å². The van der Waals surface area contributed by atoms with Crippen LogP contribution in [0.5, 0.6) is 11.5 Å². The molecule has 8 aliphatic rings. The molecule has 6 aliphatic carbocycles. The summed E-state index contributed by atoms with van der Waals surface area (Å²) in [5.74, 6) is -2.76. The molecule has 17 heteroatoms. The van der Waals surface area contributed by atoms with Gasteiger partial charge in [-0.15, -0.1) is 0 Å². The number of likely N-dealkylation sites (tertiary alicyclic amines) is 2. The Morgan fingerprint density at radius 3 is 1.76 bits per heavy atom. The quantitative estimate of drug-likeness (QED) is 0.159. The number of carboxylic acids is 2. The number of Topliss-reactive ketones (excluding diaryl/α,β-unsaturated/α-hetero) is 2. The molecule has 0 radical (unpaired) electrons. The van der Waals surface area contributed by atoms with Crippen LogP contribution in [-0.4, -0.2) is 132 Å². The van der Waals surface area contributed by atoms with Crippen molar-refractivity contribution in [1.82, 2.24) is 4.90 Å². The molecule has 2 amide bonds. The summed E-state index contributed by atoms with van der Waals surface area (Å²) in [5, 5.41) is 70.0. The number of rotatable bonds is 9. The molecule has 2 heterocycles. The number of hydrogen-bond donors (Lipinski definition) is 10. The van der Waals surface area contributed by atoms with Gasteiger partial charge in [-0.1, -0.05) is 12.1 Å². The molecular formula is C46H59N4O13+. The minimum absolute atomic E-state index is 0.0336. The molecule has 2 aromatic rings. The van der Waals surface area contributed by atoms with Gasteiger partial charge >= 0.3 is 11.9 Å². The fourth-order valence-corrected chi connectivity index (χ4v) is 12.6. The van der Waals surface area contributed by atoms with Crippen molar-refractivity contribution in [1.29, 1.82) is 0 Å². The van der Waals surface area contributed by atoms with Crippen LogP contribution in [0, 0.1) is 11.8 Å². The molecule has 12 N–H and O–H groups in total. The predicted octanol–water partition coefficient (Wildman–Crippen LogP) is -0.00370. The predicted molar refractivity (Wildman–Crippen MR) is 222 cm³/mol. The zero-order valence-electron chi connectivity index (χ0n) is 35.3. The molecule has 340 valence electrons. The van der Waals surface area contributed by atoms with Crippen molar-refractivity contribution >= 4 is 35.3 Å². The highest BCUT2D eigenvalue weighted by Gasteiger charge is 2.69. The van der Waals surface area contributed by atoms with Crippen molar-refractivity contribution in [2.45, 2.75) is 137 Å². The molecule has 4 bridgehead atoms. The molecule has 0 spiro atoms. The number of aliphatic carboxylic acids is 2. The molecular weight excluding hydrogens is 817 g/mol. The van der Waals surface area contributed by atoms with Crippen LogP contribution < -0.4 is 16.4 Å². The van der Waals surface area contributed by atoms with Crippen molar-refractivity contribution in [3.05, 3.63) is 57.6 Å². The van der Waals surface area contributed by atoms with E-state index >= 15 is 0 Å². The first kappa shape index (κ1) is 44.7. The zero-order valence-corrected chi connectivity index (χ0v) is 35.3. The maximum absolute atomic E-state index is 12.5. The average Bonchev–Trinajstić information content (AvgIpc) is 4.15. The maximum Gasteiger partial charge on any atom is 0.333 e. The number of nitrogens with zero attached hydrogens (tertiary/aromatic N) is 1. The Kier molecular flexibility index (Phi) is 11.5. The summed E-state index contributed by atoms with van der Waals surface area (Å²) >= 11 is 0. The van der Waals surface area contributed by atoms with Gasteiger partial charge in [0.15, 0.2) is 6.10 Å². The Morgan fingerprint density at radius 1 is 0.746 bits per heavy atom. The second-order valence-corrected chi connectivity index (χ2v) is 19.6. The Labute approximate surface area is 364 Å². The Morgan fingerprint density at radius 2 is 1.27 bits per heavy atom. The maximum atomic E-state index is 12.5. The molecule has 8 atom stereocenters. The third kappa shape index (κ3) is 7.58. The van der Waals surface area contributed by atoms with E-state index in [1.54, 1.807) is 12.1 Å². The third-order valence-corrected chi connectivity index (χ3v) is 15.9. The minimum atomic E-state index is -1.79. The fraction of sp³-hybridized carbons (Fsp3) is 0.609. The molecule has 6 fully saturated rings. The number of benzene rings is 2. The summed E-state index contributed by atoms with van der Waals surface area (Å²) in [6.45, 7) is 3.77. The van der Waals surface area contributed by atoms with E-state index in [1.165, 1.54) is 30.6 Å². The van der Waals surface area contributed by atoms with Gasteiger partial charge in [-0.2, -0.15) is 0 Å². The molecule has 2 saturated heterocycles. The van der Waals surface area contributed by atoms with Crippen LogP contribution in [0.25, 0.3) is 0 Å². The van der Waals surface area contributed by atoms with Crippen LogP contribution in [0.15, 0.2) is 24.3 Å². The highest BCUT2D eigenvalue weighted by Crippen LogP contribution is 2.61. The van der Waals surface area contributed by atoms with Crippen LogP contribution >= 0.6 is 0 Å². The normalized spacial score (nSPS) is 33.0. The number of phenols is 2. The highest BCUT2D eigenvalue weighted by atomic mass is 16.4. The number of ketones is 2. The van der Waals surface area contributed by atoms with Gasteiger partial charge in [0, 0.05) is 79.0 Å². The van der Waals surface area contributed by atoms with Crippen molar-refractivity contribution in [2.24, 2.45) is 23.3 Å². The minimum Gasteiger partial charge on any atom is -0.507 e. The largest absolute Gasteiger partial charge is 0.507 e. The van der Waals surface area contributed by atoms with Crippen LogP contribution in [0.2, 0.25) is 0 Å². The van der Waals surface area contributed by atoms with E-state index in [2.05, 4.69) is 4.90 Å². The molecule has 17 nitrogen and oxygen atoms in total. The van der Waals surface area contributed by atoms with E-state index in [1.807, 2.05) is 12.1 Å². The summed E-state index contributed by atoms with van der Waals surface area (Å²) in [4.78, 5) is 71.8. The number of aliphatic hydroxyl groups excluding tert-OH is 1. The van der Waals surface area contributed by atoms with Crippen molar-refractivity contribution < 1.29 is 69.4 Å². The molecule has 4 saturated carbocycles. The number of carboxylic acid groups (broad SMARTS) is 2. The summed E-state index contributed by atoms with van der Waals surface area (Å²) in [6.07, 6.45) is 7.13. The Hall–Kier alpha value is -4.94. The number of aliphatic hydroxyl groups is 3. The molecule has 10 rings (SSSR count). The van der Waals surface area contributed by atoms with Crippen LogP contribution in [0.3, 0.4) is 0 Å². The van der Waals surface area contributed by atoms with E-state index in [-0.39, 0.29) is 59.1 Å². The molecule has 63 heavy (non-hydrogen) atoms.